The highest BCUT2D eigenvalue weighted by atomic mass is 32.2. The molecule has 18 heavy (non-hydrogen) atoms. The highest BCUT2D eigenvalue weighted by Crippen LogP contribution is 2.20. The average Bonchev–Trinajstić information content (AvgIpc) is 2.42. The van der Waals surface area contributed by atoms with Crippen LogP contribution in [0.1, 0.15) is 0 Å². The van der Waals surface area contributed by atoms with Gasteiger partial charge >= 0.3 is 0 Å². The predicted octanol–water partition coefficient (Wildman–Crippen LogP) is 2.79. The first-order valence-electron chi connectivity index (χ1n) is 5.60. The summed E-state index contributed by atoms with van der Waals surface area (Å²) in [5.74, 6) is 1.10. The molecule has 2 rings (SSSR count). The Labute approximate surface area is 110 Å². The summed E-state index contributed by atoms with van der Waals surface area (Å²) < 4.78 is 5.50. The van der Waals surface area contributed by atoms with Gasteiger partial charge in [-0.2, -0.15) is 5.26 Å². The third kappa shape index (κ3) is 3.39. The standard InChI is InChI=1S/C14H13NO2S/c15-10-18-9-13(16)8-17-14-6-5-11-3-1-2-4-12(11)7-14/h1-7,13,16H,8-9H2. The van der Waals surface area contributed by atoms with Gasteiger partial charge in [-0.3, -0.25) is 0 Å². The molecule has 0 fully saturated rings. The van der Waals surface area contributed by atoms with Crippen molar-refractivity contribution < 1.29 is 9.84 Å². The van der Waals surface area contributed by atoms with Crippen molar-refractivity contribution in [3.63, 3.8) is 0 Å². The first kappa shape index (κ1) is 12.7. The monoisotopic (exact) mass is 259 g/mol. The van der Waals surface area contributed by atoms with Crippen LogP contribution in [0, 0.1) is 10.7 Å². The maximum absolute atomic E-state index is 9.56. The predicted molar refractivity (Wildman–Crippen MR) is 73.5 cm³/mol. The van der Waals surface area contributed by atoms with Crippen molar-refractivity contribution in [2.75, 3.05) is 12.4 Å². The summed E-state index contributed by atoms with van der Waals surface area (Å²) in [6.45, 7) is 0.201. The number of ether oxygens (including phenoxy) is 1. The Balaban J connectivity index is 1.98. The van der Waals surface area contributed by atoms with E-state index in [1.54, 1.807) is 0 Å². The van der Waals surface area contributed by atoms with E-state index in [4.69, 9.17) is 10.00 Å². The second kappa shape index (κ2) is 6.29. The van der Waals surface area contributed by atoms with E-state index in [2.05, 4.69) is 0 Å². The Kier molecular flexibility index (Phi) is 4.46. The first-order chi connectivity index (χ1) is 8.79. The lowest BCUT2D eigenvalue weighted by Gasteiger charge is -2.11. The van der Waals surface area contributed by atoms with Gasteiger partial charge in [0.25, 0.3) is 0 Å². The molecule has 0 radical (unpaired) electrons. The van der Waals surface area contributed by atoms with Crippen LogP contribution in [0.5, 0.6) is 5.75 Å². The Hall–Kier alpha value is -1.70. The summed E-state index contributed by atoms with van der Waals surface area (Å²) in [6, 6.07) is 13.8. The summed E-state index contributed by atoms with van der Waals surface area (Å²) in [4.78, 5) is 0. The lowest BCUT2D eigenvalue weighted by atomic mass is 10.1. The Bertz CT molecular complexity index is 565. The molecule has 0 aromatic heterocycles. The van der Waals surface area contributed by atoms with Crippen LogP contribution in [0.4, 0.5) is 0 Å². The molecule has 4 heteroatoms. The van der Waals surface area contributed by atoms with E-state index in [0.29, 0.717) is 5.75 Å². The van der Waals surface area contributed by atoms with Crippen LogP contribution in [0.3, 0.4) is 0 Å². The number of nitriles is 1. The number of rotatable bonds is 5. The molecule has 2 aromatic carbocycles. The van der Waals surface area contributed by atoms with Gasteiger partial charge in [-0.1, -0.05) is 30.3 Å². The van der Waals surface area contributed by atoms with Crippen molar-refractivity contribution in [1.29, 1.82) is 5.26 Å². The SMILES string of the molecule is N#CSCC(O)COc1ccc2ccccc2c1. The number of benzene rings is 2. The van der Waals surface area contributed by atoms with Crippen LogP contribution < -0.4 is 4.74 Å². The average molecular weight is 259 g/mol. The van der Waals surface area contributed by atoms with E-state index >= 15 is 0 Å². The zero-order valence-corrected chi connectivity index (χ0v) is 10.6. The first-order valence-corrected chi connectivity index (χ1v) is 6.58. The van der Waals surface area contributed by atoms with E-state index in [1.165, 1.54) is 0 Å². The maximum atomic E-state index is 9.56. The molecule has 1 unspecified atom stereocenters. The summed E-state index contributed by atoms with van der Waals surface area (Å²) in [5, 5.41) is 22.1. The van der Waals surface area contributed by atoms with Crippen LogP contribution in [0.15, 0.2) is 42.5 Å². The van der Waals surface area contributed by atoms with Crippen LogP contribution in [-0.2, 0) is 0 Å². The molecule has 92 valence electrons. The lowest BCUT2D eigenvalue weighted by molar-refractivity contribution is 0.126. The molecule has 3 nitrogen and oxygen atoms in total. The maximum Gasteiger partial charge on any atom is 0.133 e. The van der Waals surface area contributed by atoms with E-state index in [-0.39, 0.29) is 6.61 Å². The van der Waals surface area contributed by atoms with Crippen molar-refractivity contribution in [3.05, 3.63) is 42.5 Å². The zero-order chi connectivity index (χ0) is 12.8. The molecular formula is C14H13NO2S. The number of aliphatic hydroxyl groups excluding tert-OH is 1. The third-order valence-corrected chi connectivity index (χ3v) is 3.18. The molecule has 0 amide bonds. The number of nitrogens with zero attached hydrogens (tertiary/aromatic N) is 1. The van der Waals surface area contributed by atoms with Gasteiger partial charge in [-0.25, -0.2) is 0 Å². The zero-order valence-electron chi connectivity index (χ0n) is 9.74. The van der Waals surface area contributed by atoms with Crippen LogP contribution in [0.25, 0.3) is 10.8 Å². The summed E-state index contributed by atoms with van der Waals surface area (Å²) in [5.41, 5.74) is 0. The van der Waals surface area contributed by atoms with Crippen molar-refractivity contribution in [2.45, 2.75) is 6.10 Å². The molecule has 0 aliphatic heterocycles. The summed E-state index contributed by atoms with van der Waals surface area (Å²) in [6.07, 6.45) is -0.624. The van der Waals surface area contributed by atoms with E-state index in [1.807, 2.05) is 47.9 Å². The number of fused-ring (bicyclic) bond motifs is 1. The quantitative estimate of drug-likeness (QED) is 0.839. The molecule has 1 N–H and O–H groups in total. The molecular weight excluding hydrogens is 246 g/mol. The topological polar surface area (TPSA) is 53.2 Å². The molecule has 2 aromatic rings. The van der Waals surface area contributed by atoms with Crippen molar-refractivity contribution >= 4 is 22.5 Å². The van der Waals surface area contributed by atoms with Gasteiger partial charge in [0.2, 0.25) is 0 Å². The fourth-order valence-corrected chi connectivity index (χ4v) is 1.99. The minimum Gasteiger partial charge on any atom is -0.491 e. The van der Waals surface area contributed by atoms with Crippen LogP contribution >= 0.6 is 11.8 Å². The van der Waals surface area contributed by atoms with Gasteiger partial charge in [0.1, 0.15) is 17.8 Å². The number of thiocyanates is 1. The van der Waals surface area contributed by atoms with Gasteiger partial charge in [0.05, 0.1) is 6.10 Å². The highest BCUT2D eigenvalue weighted by molar-refractivity contribution is 8.03. The smallest absolute Gasteiger partial charge is 0.133 e. The minimum absolute atomic E-state index is 0.201. The lowest BCUT2D eigenvalue weighted by Crippen LogP contribution is -2.19. The molecule has 0 heterocycles. The van der Waals surface area contributed by atoms with Crippen LogP contribution in [0.2, 0.25) is 0 Å². The van der Waals surface area contributed by atoms with Gasteiger partial charge in [-0.15, -0.1) is 0 Å². The Morgan fingerprint density at radius 3 is 2.78 bits per heavy atom. The molecule has 0 spiro atoms. The molecule has 0 saturated heterocycles. The Morgan fingerprint density at radius 1 is 1.22 bits per heavy atom. The second-order valence-corrected chi connectivity index (χ2v) is 4.68. The minimum atomic E-state index is -0.624. The van der Waals surface area contributed by atoms with E-state index in [9.17, 15) is 5.11 Å². The van der Waals surface area contributed by atoms with Crippen LogP contribution in [-0.4, -0.2) is 23.6 Å². The van der Waals surface area contributed by atoms with Crippen molar-refractivity contribution in [3.8, 4) is 11.2 Å². The molecule has 1 atom stereocenters. The van der Waals surface area contributed by atoms with Gasteiger partial charge < -0.3 is 9.84 Å². The van der Waals surface area contributed by atoms with Gasteiger partial charge in [0.15, 0.2) is 0 Å². The fourth-order valence-electron chi connectivity index (χ4n) is 1.63. The second-order valence-electron chi connectivity index (χ2n) is 3.88. The highest BCUT2D eigenvalue weighted by Gasteiger charge is 2.05. The number of aliphatic hydroxyl groups is 1. The van der Waals surface area contributed by atoms with Gasteiger partial charge in [-0.05, 0) is 34.7 Å². The number of hydrogen-bond donors (Lipinski definition) is 1. The molecule has 0 saturated carbocycles. The molecule has 0 aliphatic carbocycles. The van der Waals surface area contributed by atoms with E-state index < -0.39 is 6.10 Å². The van der Waals surface area contributed by atoms with E-state index in [0.717, 1.165) is 28.3 Å². The Morgan fingerprint density at radius 2 is 2.00 bits per heavy atom. The largest absolute Gasteiger partial charge is 0.491 e. The number of thioether (sulfide) groups is 1. The van der Waals surface area contributed by atoms with Crippen molar-refractivity contribution in [2.24, 2.45) is 0 Å². The summed E-state index contributed by atoms with van der Waals surface area (Å²) in [7, 11) is 0. The van der Waals surface area contributed by atoms with Crippen molar-refractivity contribution in [1.82, 2.24) is 0 Å². The molecule has 0 aliphatic rings. The fraction of sp³-hybridized carbons (Fsp3) is 0.214. The number of hydrogen-bond acceptors (Lipinski definition) is 4. The third-order valence-electron chi connectivity index (χ3n) is 2.50. The normalized spacial score (nSPS) is 12.0. The molecule has 0 bridgehead atoms. The summed E-state index contributed by atoms with van der Waals surface area (Å²) >= 11 is 1.03. The van der Waals surface area contributed by atoms with Gasteiger partial charge in [0, 0.05) is 5.75 Å².